The summed E-state index contributed by atoms with van der Waals surface area (Å²) in [6.45, 7) is 8.95. The Morgan fingerprint density at radius 2 is 2.08 bits per heavy atom. The molecule has 67 valence electrons. The number of hydrogen-bond acceptors (Lipinski definition) is 2. The van der Waals surface area contributed by atoms with Gasteiger partial charge in [-0.2, -0.15) is 0 Å². The van der Waals surface area contributed by atoms with Crippen molar-refractivity contribution in [1.29, 1.82) is 0 Å². The van der Waals surface area contributed by atoms with Crippen molar-refractivity contribution in [3.05, 3.63) is 49.7 Å². The molecular weight excluding hydrogens is 160 g/mol. The highest BCUT2D eigenvalue weighted by Gasteiger charge is 2.01. The minimum absolute atomic E-state index is 0.781. The third-order valence-corrected chi connectivity index (χ3v) is 1.62. The van der Waals surface area contributed by atoms with Crippen LogP contribution >= 0.6 is 0 Å². The molecule has 1 radical (unpaired) electrons. The molecule has 1 heterocycles. The van der Waals surface area contributed by atoms with Gasteiger partial charge in [0.2, 0.25) is 0 Å². The molecule has 13 heavy (non-hydrogen) atoms. The van der Waals surface area contributed by atoms with Crippen LogP contribution in [0, 0.1) is 6.07 Å². The van der Waals surface area contributed by atoms with Gasteiger partial charge < -0.3 is 4.90 Å². The highest BCUT2D eigenvalue weighted by Crippen LogP contribution is 2.07. The van der Waals surface area contributed by atoms with Crippen LogP contribution in [-0.2, 0) is 0 Å². The van der Waals surface area contributed by atoms with Gasteiger partial charge in [-0.3, -0.25) is 0 Å². The second kappa shape index (κ2) is 5.14. The van der Waals surface area contributed by atoms with E-state index in [1.165, 1.54) is 0 Å². The summed E-state index contributed by atoms with van der Waals surface area (Å²) >= 11 is 0. The number of aromatic nitrogens is 1. The summed E-state index contributed by atoms with van der Waals surface area (Å²) in [4.78, 5) is 6.27. The van der Waals surface area contributed by atoms with Crippen molar-refractivity contribution in [2.75, 3.05) is 18.0 Å². The molecule has 0 N–H and O–H groups in total. The SMILES string of the molecule is C=CCN(CC=C)c1cc[c]cn1. The molecule has 0 spiro atoms. The predicted octanol–water partition coefficient (Wildman–Crippen LogP) is 2.06. The van der Waals surface area contributed by atoms with Gasteiger partial charge in [0, 0.05) is 25.4 Å². The molecule has 2 nitrogen and oxygen atoms in total. The zero-order chi connectivity index (χ0) is 9.52. The van der Waals surface area contributed by atoms with E-state index in [1.807, 2.05) is 24.3 Å². The largest absolute Gasteiger partial charge is 0.349 e. The van der Waals surface area contributed by atoms with E-state index < -0.39 is 0 Å². The second-order valence-electron chi connectivity index (χ2n) is 2.60. The van der Waals surface area contributed by atoms with Crippen molar-refractivity contribution in [3.63, 3.8) is 0 Å². The lowest BCUT2D eigenvalue weighted by Crippen LogP contribution is -2.23. The van der Waals surface area contributed by atoms with Gasteiger partial charge >= 0.3 is 0 Å². The average molecular weight is 173 g/mol. The molecule has 1 aromatic heterocycles. The average Bonchev–Trinajstić information content (AvgIpc) is 2.19. The van der Waals surface area contributed by atoms with Gasteiger partial charge in [-0.05, 0) is 12.1 Å². The van der Waals surface area contributed by atoms with Crippen LogP contribution in [0.5, 0.6) is 0 Å². The lowest BCUT2D eigenvalue weighted by molar-refractivity contribution is 0.926. The Labute approximate surface area is 79.2 Å². The smallest absolute Gasteiger partial charge is 0.129 e. The molecule has 0 aliphatic heterocycles. The van der Waals surface area contributed by atoms with Crippen molar-refractivity contribution in [3.8, 4) is 0 Å². The summed E-state index contributed by atoms with van der Waals surface area (Å²) < 4.78 is 0. The number of pyridine rings is 1. The number of anilines is 1. The second-order valence-corrected chi connectivity index (χ2v) is 2.60. The summed E-state index contributed by atoms with van der Waals surface area (Å²) in [6.07, 6.45) is 5.36. The van der Waals surface area contributed by atoms with E-state index in [-0.39, 0.29) is 0 Å². The lowest BCUT2D eigenvalue weighted by atomic mass is 10.4. The first-order valence-corrected chi connectivity index (χ1v) is 4.17. The van der Waals surface area contributed by atoms with Gasteiger partial charge in [0.1, 0.15) is 5.82 Å². The van der Waals surface area contributed by atoms with Crippen molar-refractivity contribution in [1.82, 2.24) is 4.98 Å². The first kappa shape index (κ1) is 9.52. The molecular formula is C11H13N2. The number of rotatable bonds is 5. The Kier molecular flexibility index (Phi) is 3.76. The molecule has 0 saturated heterocycles. The normalized spacial score (nSPS) is 9.23. The lowest BCUT2D eigenvalue weighted by Gasteiger charge is -2.19. The molecule has 0 aliphatic carbocycles. The molecule has 0 unspecified atom stereocenters. The minimum atomic E-state index is 0.781. The third kappa shape index (κ3) is 2.75. The number of nitrogens with zero attached hydrogens (tertiary/aromatic N) is 2. The molecule has 0 atom stereocenters. The Bertz CT molecular complexity index is 257. The van der Waals surface area contributed by atoms with Crippen molar-refractivity contribution >= 4 is 5.82 Å². The standard InChI is InChI=1S/C11H13N2/c1-3-9-13(10-4-2)11-7-5-6-8-12-11/h3-5,7-8H,1-2,9-10H2. The molecule has 0 fully saturated rings. The first-order chi connectivity index (χ1) is 6.38. The summed E-state index contributed by atoms with van der Waals surface area (Å²) in [5.74, 6) is 0.929. The molecule has 0 bridgehead atoms. The van der Waals surface area contributed by atoms with Crippen LogP contribution in [0.4, 0.5) is 5.82 Å². The predicted molar refractivity (Wildman–Crippen MR) is 55.7 cm³/mol. The van der Waals surface area contributed by atoms with E-state index in [4.69, 9.17) is 0 Å². The highest BCUT2D eigenvalue weighted by atomic mass is 15.2. The minimum Gasteiger partial charge on any atom is -0.349 e. The van der Waals surface area contributed by atoms with Crippen molar-refractivity contribution < 1.29 is 0 Å². The fraction of sp³-hybridized carbons (Fsp3) is 0.182. The van der Waals surface area contributed by atoms with Crippen LogP contribution in [0.1, 0.15) is 0 Å². The zero-order valence-corrected chi connectivity index (χ0v) is 7.61. The van der Waals surface area contributed by atoms with Gasteiger partial charge in [-0.15, -0.1) is 13.2 Å². The zero-order valence-electron chi connectivity index (χ0n) is 7.61. The summed E-state index contributed by atoms with van der Waals surface area (Å²) in [6, 6.07) is 6.65. The van der Waals surface area contributed by atoms with E-state index in [0.29, 0.717) is 0 Å². The first-order valence-electron chi connectivity index (χ1n) is 4.17. The van der Waals surface area contributed by atoms with E-state index in [0.717, 1.165) is 18.9 Å². The monoisotopic (exact) mass is 173 g/mol. The maximum absolute atomic E-state index is 4.19. The van der Waals surface area contributed by atoms with Gasteiger partial charge in [-0.25, -0.2) is 4.98 Å². The summed E-state index contributed by atoms with van der Waals surface area (Å²) in [5, 5.41) is 0. The molecule has 0 saturated carbocycles. The Hall–Kier alpha value is -1.57. The molecule has 0 aliphatic rings. The van der Waals surface area contributed by atoms with Crippen molar-refractivity contribution in [2.24, 2.45) is 0 Å². The maximum atomic E-state index is 4.19. The van der Waals surface area contributed by atoms with Crippen LogP contribution in [0.3, 0.4) is 0 Å². The Morgan fingerprint density at radius 3 is 2.54 bits per heavy atom. The van der Waals surface area contributed by atoms with E-state index in [1.54, 1.807) is 6.20 Å². The fourth-order valence-corrected chi connectivity index (χ4v) is 1.07. The van der Waals surface area contributed by atoms with Gasteiger partial charge in [-0.1, -0.05) is 12.2 Å². The van der Waals surface area contributed by atoms with E-state index >= 15 is 0 Å². The van der Waals surface area contributed by atoms with E-state index in [9.17, 15) is 0 Å². The van der Waals surface area contributed by atoms with Crippen LogP contribution in [0.2, 0.25) is 0 Å². The molecule has 0 amide bonds. The van der Waals surface area contributed by atoms with E-state index in [2.05, 4.69) is 29.1 Å². The summed E-state index contributed by atoms with van der Waals surface area (Å²) in [5.41, 5.74) is 0. The highest BCUT2D eigenvalue weighted by molar-refractivity contribution is 5.38. The Balaban J connectivity index is 2.75. The topological polar surface area (TPSA) is 16.1 Å². The fourth-order valence-electron chi connectivity index (χ4n) is 1.07. The number of hydrogen-bond donors (Lipinski definition) is 0. The van der Waals surface area contributed by atoms with Gasteiger partial charge in [0.05, 0.1) is 0 Å². The quantitative estimate of drug-likeness (QED) is 0.633. The van der Waals surface area contributed by atoms with Crippen LogP contribution in [0.25, 0.3) is 0 Å². The maximum Gasteiger partial charge on any atom is 0.129 e. The molecule has 0 aromatic carbocycles. The molecule has 2 heteroatoms. The van der Waals surface area contributed by atoms with Crippen molar-refractivity contribution in [2.45, 2.75) is 0 Å². The van der Waals surface area contributed by atoms with Crippen LogP contribution in [-0.4, -0.2) is 18.1 Å². The third-order valence-electron chi connectivity index (χ3n) is 1.62. The molecule has 1 aromatic rings. The van der Waals surface area contributed by atoms with Crippen LogP contribution < -0.4 is 4.90 Å². The van der Waals surface area contributed by atoms with Crippen LogP contribution in [0.15, 0.2) is 43.6 Å². The van der Waals surface area contributed by atoms with Gasteiger partial charge in [0.15, 0.2) is 0 Å². The summed E-state index contributed by atoms with van der Waals surface area (Å²) in [7, 11) is 0. The molecule has 1 rings (SSSR count). The van der Waals surface area contributed by atoms with Gasteiger partial charge in [0.25, 0.3) is 0 Å². The Morgan fingerprint density at radius 1 is 1.38 bits per heavy atom.